The Labute approximate surface area is 147 Å². The molecule has 0 N–H and O–H groups in total. The zero-order valence-corrected chi connectivity index (χ0v) is 14.7. The molecule has 0 aliphatic rings. The number of hydrogen-bond acceptors (Lipinski definition) is 3. The second kappa shape index (κ2) is 6.70. The Hall–Kier alpha value is -3.03. The number of aryl methyl sites for hydroxylation is 2. The molecule has 2 aromatic heterocycles. The Morgan fingerprint density at radius 1 is 1.04 bits per heavy atom. The fraction of sp³-hybridized carbons (Fsp3) is 0.278. The third-order valence-corrected chi connectivity index (χ3v) is 4.28. The van der Waals surface area contributed by atoms with Gasteiger partial charge in [0.05, 0.1) is 0 Å². The summed E-state index contributed by atoms with van der Waals surface area (Å²) in [5.41, 5.74) is 0.272. The van der Waals surface area contributed by atoms with Crippen molar-refractivity contribution in [3.05, 3.63) is 62.1 Å². The van der Waals surface area contributed by atoms with Crippen molar-refractivity contribution in [3.8, 4) is 0 Å². The number of halogens is 2. The van der Waals surface area contributed by atoms with Crippen molar-refractivity contribution >= 4 is 23.3 Å². The lowest BCUT2D eigenvalue weighted by molar-refractivity contribution is 0.508. The highest BCUT2D eigenvalue weighted by molar-refractivity contribution is 5.76. The van der Waals surface area contributed by atoms with E-state index in [1.165, 1.54) is 10.6 Å². The van der Waals surface area contributed by atoms with Crippen LogP contribution in [0.2, 0.25) is 0 Å². The van der Waals surface area contributed by atoms with Crippen molar-refractivity contribution in [2.24, 2.45) is 7.05 Å². The average Bonchev–Trinajstić information content (AvgIpc) is 2.93. The van der Waals surface area contributed by atoms with Gasteiger partial charge in [-0.2, -0.15) is 0 Å². The summed E-state index contributed by atoms with van der Waals surface area (Å²) in [4.78, 5) is 29.4. The SMILES string of the molecule is CCn1c(=O)c2c(nc(C=Cc3ccc(F)c(F)c3)n2C)n(CC)c1=O. The summed E-state index contributed by atoms with van der Waals surface area (Å²) in [5.74, 6) is -1.43. The molecular weight excluding hydrogens is 342 g/mol. The molecule has 8 heteroatoms. The molecule has 0 saturated heterocycles. The minimum atomic E-state index is -0.942. The van der Waals surface area contributed by atoms with Gasteiger partial charge in [-0.1, -0.05) is 12.1 Å². The van der Waals surface area contributed by atoms with Crippen LogP contribution in [-0.4, -0.2) is 18.7 Å². The lowest BCUT2D eigenvalue weighted by Gasteiger charge is -2.08. The van der Waals surface area contributed by atoms with Crippen molar-refractivity contribution < 1.29 is 8.78 Å². The van der Waals surface area contributed by atoms with Crippen LogP contribution >= 0.6 is 0 Å². The van der Waals surface area contributed by atoms with Crippen LogP contribution < -0.4 is 11.2 Å². The molecule has 0 atom stereocenters. The van der Waals surface area contributed by atoms with Crippen LogP contribution in [0.5, 0.6) is 0 Å². The molecule has 2 heterocycles. The number of hydrogen-bond donors (Lipinski definition) is 0. The van der Waals surface area contributed by atoms with Gasteiger partial charge in [0, 0.05) is 20.1 Å². The van der Waals surface area contributed by atoms with Gasteiger partial charge in [-0.3, -0.25) is 13.9 Å². The number of benzene rings is 1. The maximum Gasteiger partial charge on any atom is 0.332 e. The smallest absolute Gasteiger partial charge is 0.322 e. The van der Waals surface area contributed by atoms with Crippen LogP contribution in [0, 0.1) is 11.6 Å². The number of nitrogens with zero attached hydrogens (tertiary/aromatic N) is 4. The molecule has 0 fully saturated rings. The van der Waals surface area contributed by atoms with E-state index >= 15 is 0 Å². The van der Waals surface area contributed by atoms with E-state index in [0.717, 1.165) is 16.7 Å². The zero-order chi connectivity index (χ0) is 19.0. The van der Waals surface area contributed by atoms with Gasteiger partial charge in [-0.15, -0.1) is 0 Å². The van der Waals surface area contributed by atoms with E-state index in [9.17, 15) is 18.4 Å². The summed E-state index contributed by atoms with van der Waals surface area (Å²) < 4.78 is 30.5. The summed E-state index contributed by atoms with van der Waals surface area (Å²) in [6.45, 7) is 4.17. The Morgan fingerprint density at radius 3 is 2.35 bits per heavy atom. The monoisotopic (exact) mass is 360 g/mol. The van der Waals surface area contributed by atoms with Crippen LogP contribution in [0.4, 0.5) is 8.78 Å². The largest absolute Gasteiger partial charge is 0.332 e. The molecule has 0 aliphatic carbocycles. The van der Waals surface area contributed by atoms with Crippen molar-refractivity contribution in [2.45, 2.75) is 26.9 Å². The average molecular weight is 360 g/mol. The molecule has 3 rings (SSSR count). The van der Waals surface area contributed by atoms with Gasteiger partial charge in [0.25, 0.3) is 5.56 Å². The van der Waals surface area contributed by atoms with E-state index in [0.29, 0.717) is 29.1 Å². The van der Waals surface area contributed by atoms with Gasteiger partial charge in [0.1, 0.15) is 5.82 Å². The van der Waals surface area contributed by atoms with Gasteiger partial charge in [-0.05, 0) is 37.6 Å². The number of imidazole rings is 1. The van der Waals surface area contributed by atoms with Crippen molar-refractivity contribution in [1.29, 1.82) is 0 Å². The first-order valence-electron chi connectivity index (χ1n) is 8.22. The second-order valence-corrected chi connectivity index (χ2v) is 5.78. The molecule has 0 radical (unpaired) electrons. The fourth-order valence-corrected chi connectivity index (χ4v) is 2.88. The molecule has 6 nitrogen and oxygen atoms in total. The van der Waals surface area contributed by atoms with Crippen LogP contribution in [0.25, 0.3) is 23.3 Å². The van der Waals surface area contributed by atoms with Gasteiger partial charge in [-0.25, -0.2) is 18.6 Å². The van der Waals surface area contributed by atoms with E-state index in [1.807, 2.05) is 0 Å². The lowest BCUT2D eigenvalue weighted by atomic mass is 10.2. The highest BCUT2D eigenvalue weighted by atomic mass is 19.2. The van der Waals surface area contributed by atoms with Gasteiger partial charge < -0.3 is 4.57 Å². The minimum absolute atomic E-state index is 0.263. The summed E-state index contributed by atoms with van der Waals surface area (Å²) in [5, 5.41) is 0. The Kier molecular flexibility index (Phi) is 4.58. The van der Waals surface area contributed by atoms with E-state index in [-0.39, 0.29) is 6.54 Å². The molecule has 0 unspecified atom stereocenters. The minimum Gasteiger partial charge on any atom is -0.322 e. The summed E-state index contributed by atoms with van der Waals surface area (Å²) in [6.07, 6.45) is 3.16. The Balaban J connectivity index is 2.19. The van der Waals surface area contributed by atoms with Gasteiger partial charge in [0.2, 0.25) is 0 Å². The van der Waals surface area contributed by atoms with Crippen molar-refractivity contribution in [1.82, 2.24) is 18.7 Å². The molecule has 136 valence electrons. The Bertz CT molecular complexity index is 1140. The maximum absolute atomic E-state index is 13.3. The molecule has 3 aromatic rings. The summed E-state index contributed by atoms with van der Waals surface area (Å²) >= 11 is 0. The van der Waals surface area contributed by atoms with Crippen LogP contribution in [0.3, 0.4) is 0 Å². The predicted molar refractivity (Wildman–Crippen MR) is 95.9 cm³/mol. The molecule has 0 aliphatic heterocycles. The third kappa shape index (κ3) is 2.77. The second-order valence-electron chi connectivity index (χ2n) is 5.78. The highest BCUT2D eigenvalue weighted by Gasteiger charge is 2.17. The standard InChI is InChI=1S/C18H18F2N4O2/c1-4-23-16-15(17(25)24(5-2)18(23)26)22(3)14(21-16)9-7-11-6-8-12(19)13(20)10-11/h6-10H,4-5H2,1-3H3. The van der Waals surface area contributed by atoms with E-state index in [2.05, 4.69) is 4.98 Å². The fourth-order valence-electron chi connectivity index (χ4n) is 2.88. The first-order valence-corrected chi connectivity index (χ1v) is 8.22. The van der Waals surface area contributed by atoms with Crippen molar-refractivity contribution in [2.75, 3.05) is 0 Å². The molecule has 26 heavy (non-hydrogen) atoms. The molecule has 0 bridgehead atoms. The number of rotatable bonds is 4. The topological polar surface area (TPSA) is 61.8 Å². The molecule has 0 spiro atoms. The molecule has 0 saturated carbocycles. The van der Waals surface area contributed by atoms with E-state index in [4.69, 9.17) is 0 Å². The Morgan fingerprint density at radius 2 is 1.73 bits per heavy atom. The maximum atomic E-state index is 13.3. The lowest BCUT2D eigenvalue weighted by Crippen LogP contribution is -2.39. The van der Waals surface area contributed by atoms with Crippen LogP contribution in [0.15, 0.2) is 27.8 Å². The quantitative estimate of drug-likeness (QED) is 0.718. The first kappa shape index (κ1) is 17.8. The molecule has 0 amide bonds. The third-order valence-electron chi connectivity index (χ3n) is 4.28. The van der Waals surface area contributed by atoms with Gasteiger partial charge in [0.15, 0.2) is 22.8 Å². The molecular formula is C18H18F2N4O2. The van der Waals surface area contributed by atoms with Crippen LogP contribution in [-0.2, 0) is 20.1 Å². The number of fused-ring (bicyclic) bond motifs is 1. The van der Waals surface area contributed by atoms with E-state index < -0.39 is 22.9 Å². The highest BCUT2D eigenvalue weighted by Crippen LogP contribution is 2.15. The van der Waals surface area contributed by atoms with Crippen molar-refractivity contribution in [3.63, 3.8) is 0 Å². The normalized spacial score (nSPS) is 11.7. The summed E-state index contributed by atoms with van der Waals surface area (Å²) in [6, 6.07) is 3.54. The van der Waals surface area contributed by atoms with E-state index in [1.54, 1.807) is 37.6 Å². The first-order chi connectivity index (χ1) is 12.4. The number of aromatic nitrogens is 4. The van der Waals surface area contributed by atoms with Gasteiger partial charge >= 0.3 is 5.69 Å². The summed E-state index contributed by atoms with van der Waals surface area (Å²) in [7, 11) is 1.67. The zero-order valence-electron chi connectivity index (χ0n) is 14.7. The molecule has 1 aromatic carbocycles. The van der Waals surface area contributed by atoms with Crippen LogP contribution in [0.1, 0.15) is 25.2 Å². The predicted octanol–water partition coefficient (Wildman–Crippen LogP) is 2.39.